The van der Waals surface area contributed by atoms with Gasteiger partial charge >= 0.3 is 5.97 Å². The van der Waals surface area contributed by atoms with E-state index in [4.69, 9.17) is 34.2 Å². The lowest BCUT2D eigenvalue weighted by molar-refractivity contribution is -0.145. The Labute approximate surface area is 632 Å². The summed E-state index contributed by atoms with van der Waals surface area (Å²) in [5.74, 6) is -10.1. The van der Waals surface area contributed by atoms with E-state index in [0.717, 1.165) is 28.5 Å². The summed E-state index contributed by atoms with van der Waals surface area (Å²) in [5.41, 5.74) is 8.74. The number of para-hydroxylation sites is 1. The minimum absolute atomic E-state index is 0.0628. The van der Waals surface area contributed by atoms with Gasteiger partial charge in [0.25, 0.3) is 0 Å². The number of fused-ring (bicyclic) bond motifs is 1. The molecular formula is C71H101FN14O20S2. The van der Waals surface area contributed by atoms with Crippen molar-refractivity contribution >= 4 is 91.6 Å². The Bertz CT molecular complexity index is 3600. The number of H-pyrrole nitrogens is 1. The van der Waals surface area contributed by atoms with Crippen LogP contribution in [-0.2, 0) is 109 Å². The fourth-order valence-corrected chi connectivity index (χ4v) is 13.1. The summed E-state index contributed by atoms with van der Waals surface area (Å²) < 4.78 is 47.3. The Morgan fingerprint density at radius 2 is 1.25 bits per heavy atom. The molecule has 9 amide bonds. The first-order valence-electron chi connectivity index (χ1n) is 35.6. The molecule has 3 aromatic carbocycles. The number of aliphatic hydroxyl groups excluding tert-OH is 2. The summed E-state index contributed by atoms with van der Waals surface area (Å²) in [5, 5.41) is 73.6. The summed E-state index contributed by atoms with van der Waals surface area (Å²) in [6, 6.07) is 8.80. The highest BCUT2D eigenvalue weighted by Gasteiger charge is 2.38. The Morgan fingerprint density at radius 3 is 1.88 bits per heavy atom. The zero-order valence-electron chi connectivity index (χ0n) is 60.5. The highest BCUT2D eigenvalue weighted by molar-refractivity contribution is 8.76. The van der Waals surface area contributed by atoms with Crippen LogP contribution in [0.2, 0.25) is 0 Å². The number of nitrogens with zero attached hydrogens (tertiary/aromatic N) is 3. The third kappa shape index (κ3) is 32.5. The number of unbranched alkanes of at least 4 members (excludes halogenated alkanes) is 1. The average Bonchev–Trinajstić information content (AvgIpc) is 1.77. The number of nitrogens with one attached hydrogen (secondary N) is 10. The van der Waals surface area contributed by atoms with Gasteiger partial charge in [-0.2, -0.15) is 0 Å². The number of aliphatic carboxylic acids is 1. The Kier molecular flexibility index (Phi) is 40.1. The maximum Gasteiger partial charge on any atom is 0.328 e. The number of hydrogen-bond acceptors (Lipinski definition) is 24. The minimum atomic E-state index is -1.88. The Hall–Kier alpha value is -8.89. The van der Waals surface area contributed by atoms with E-state index in [1.165, 1.54) is 35.9 Å². The van der Waals surface area contributed by atoms with Crippen LogP contribution in [0.1, 0.15) is 68.3 Å². The van der Waals surface area contributed by atoms with Crippen LogP contribution in [0.5, 0.6) is 5.75 Å². The number of aromatic amines is 1. The van der Waals surface area contributed by atoms with Crippen molar-refractivity contribution in [1.29, 1.82) is 0 Å². The molecule has 594 valence electrons. The largest absolute Gasteiger partial charge is 0.508 e. The molecule has 3 heterocycles. The number of phenols is 1. The molecule has 1 aliphatic rings. The normalized spacial score (nSPS) is 18.9. The average molecular weight is 1550 g/mol. The van der Waals surface area contributed by atoms with E-state index in [0.29, 0.717) is 98.9 Å². The number of hydrogen-bond donors (Lipinski definition) is 15. The van der Waals surface area contributed by atoms with Crippen molar-refractivity contribution in [2.45, 2.75) is 139 Å². The van der Waals surface area contributed by atoms with E-state index in [-0.39, 0.29) is 108 Å². The lowest BCUT2D eigenvalue weighted by Gasteiger charge is -2.29. The van der Waals surface area contributed by atoms with Crippen LogP contribution in [0.15, 0.2) is 91.3 Å². The molecule has 37 heteroatoms. The number of carboxylic acids is 1. The molecule has 34 nitrogen and oxygen atoms in total. The van der Waals surface area contributed by atoms with Crippen molar-refractivity contribution in [2.75, 3.05) is 111 Å². The Balaban J connectivity index is 1.09. The molecule has 10 atom stereocenters. The second-order valence-electron chi connectivity index (χ2n) is 25.1. The first-order chi connectivity index (χ1) is 52.1. The van der Waals surface area contributed by atoms with Crippen LogP contribution in [0.4, 0.5) is 4.39 Å². The molecule has 0 radical (unpaired) electrons. The predicted octanol–water partition coefficient (Wildman–Crippen LogP) is -1.05. The minimum Gasteiger partial charge on any atom is -0.508 e. The number of halogens is 1. The van der Waals surface area contributed by atoms with Gasteiger partial charge in [-0.25, -0.2) is 13.9 Å². The number of carbonyl (C=O) groups is 10. The van der Waals surface area contributed by atoms with Gasteiger partial charge in [-0.15, -0.1) is 5.10 Å². The first kappa shape index (κ1) is 88.0. The summed E-state index contributed by atoms with van der Waals surface area (Å²) in [6.45, 7) is 5.40. The van der Waals surface area contributed by atoms with Gasteiger partial charge in [-0.3, -0.25) is 43.2 Å². The van der Waals surface area contributed by atoms with Crippen LogP contribution < -0.4 is 53.6 Å². The smallest absolute Gasteiger partial charge is 0.328 e. The van der Waals surface area contributed by atoms with Gasteiger partial charge in [-0.1, -0.05) is 87.5 Å². The molecule has 5 aromatic rings. The van der Waals surface area contributed by atoms with Crippen molar-refractivity contribution in [2.24, 2.45) is 5.73 Å². The number of amides is 9. The van der Waals surface area contributed by atoms with Crippen LogP contribution in [0.25, 0.3) is 10.9 Å². The van der Waals surface area contributed by atoms with Gasteiger partial charge in [0.1, 0.15) is 54.7 Å². The number of nitrogens with two attached hydrogens (primary N) is 1. The molecule has 0 saturated carbocycles. The number of benzene rings is 3. The number of aliphatic hydroxyl groups is 2. The Morgan fingerprint density at radius 1 is 0.657 bits per heavy atom. The van der Waals surface area contributed by atoms with Crippen LogP contribution in [-0.4, -0.2) is 271 Å². The van der Waals surface area contributed by atoms with E-state index in [2.05, 4.69) is 63.1 Å². The van der Waals surface area contributed by atoms with Crippen LogP contribution >= 0.6 is 21.6 Å². The number of rotatable bonds is 44. The van der Waals surface area contributed by atoms with Crippen LogP contribution in [0, 0.1) is 0 Å². The maximum atomic E-state index is 15.1. The maximum absolute atomic E-state index is 15.1. The molecule has 0 bridgehead atoms. The fraction of sp³-hybridized carbons (Fsp3) is 0.549. The molecule has 6 rings (SSSR count). The van der Waals surface area contributed by atoms with Crippen molar-refractivity contribution < 1.29 is 101 Å². The molecule has 2 aromatic heterocycles. The number of aryl methyl sites for hydroxylation is 2. The van der Waals surface area contributed by atoms with Gasteiger partial charge in [0.15, 0.2) is 6.04 Å². The van der Waals surface area contributed by atoms with Gasteiger partial charge < -0.3 is 107 Å². The molecule has 108 heavy (non-hydrogen) atoms. The summed E-state index contributed by atoms with van der Waals surface area (Å²) >= 11 is 0. The highest BCUT2D eigenvalue weighted by atomic mass is 33.1. The predicted molar refractivity (Wildman–Crippen MR) is 395 cm³/mol. The lowest BCUT2D eigenvalue weighted by atomic mass is 10.0. The van der Waals surface area contributed by atoms with E-state index in [1.807, 2.05) is 0 Å². The molecule has 1 aliphatic heterocycles. The van der Waals surface area contributed by atoms with E-state index < -0.39 is 126 Å². The van der Waals surface area contributed by atoms with Gasteiger partial charge in [0.05, 0.1) is 104 Å². The topological polar surface area (TPSA) is 488 Å². The molecule has 1 saturated heterocycles. The molecular weight excluding hydrogens is 1450 g/mol. The summed E-state index contributed by atoms with van der Waals surface area (Å²) in [6.07, 6.45) is 0.436. The first-order valence-corrected chi connectivity index (χ1v) is 38.1. The number of carboxylic acid groups (broad SMARTS) is 1. The van der Waals surface area contributed by atoms with Gasteiger partial charge in [0.2, 0.25) is 53.2 Å². The number of aromatic nitrogens is 4. The molecule has 1 fully saturated rings. The SMILES string of the molecule is C[C@@H](O)[C@H](NC(=O)[C@@H]1CSSC[C@H](NC(=O)[C@@H](Cc2ccccc2)NC(=O)CCOCCOCCOCCOCCOCCOCCNC(=O)CCc2cn(CCF)nn2)C(=O)N[C@@H](Cc2ccc(O)cc2)C(=O)N[C@H](Cc2c[nH]c3ccccc23)C(=O)N[C@@H](CCCCN)C(=O)N[C@@H]([C@@H](C)O)C(=O)N1)C(=O)O. The zero-order chi connectivity index (χ0) is 78.0. The van der Waals surface area contributed by atoms with Crippen molar-refractivity contribution in [1.82, 2.24) is 67.8 Å². The quantitative estimate of drug-likeness (QED) is 0.0163. The van der Waals surface area contributed by atoms with E-state index >= 15 is 9.59 Å². The lowest BCUT2D eigenvalue weighted by Crippen LogP contribution is -2.62. The second kappa shape index (κ2) is 49.2. The highest BCUT2D eigenvalue weighted by Crippen LogP contribution is 2.25. The third-order valence-electron chi connectivity index (χ3n) is 16.6. The summed E-state index contributed by atoms with van der Waals surface area (Å²) in [4.78, 5) is 144. The number of phenolic OH excluding ortho intramolecular Hbond substituents is 1. The monoisotopic (exact) mass is 1550 g/mol. The molecule has 16 N–H and O–H groups in total. The van der Waals surface area contributed by atoms with Crippen molar-refractivity contribution in [3.05, 3.63) is 114 Å². The van der Waals surface area contributed by atoms with Crippen molar-refractivity contribution in [3.63, 3.8) is 0 Å². The van der Waals surface area contributed by atoms with Crippen molar-refractivity contribution in [3.8, 4) is 5.75 Å². The number of alkyl halides is 1. The molecule has 0 unspecified atom stereocenters. The zero-order valence-corrected chi connectivity index (χ0v) is 62.1. The fourth-order valence-electron chi connectivity index (χ4n) is 10.8. The van der Waals surface area contributed by atoms with Gasteiger partial charge in [0, 0.05) is 79.9 Å². The molecule has 0 aliphatic carbocycles. The standard InChI is InChI=1S/C71H101FN14O20S2/c1-45(87)62-70(98)81-59(69(97)83-63(46(2)88)71(99)100)44-108-107-43-58(68(96)78-56(39-48-15-18-51(89)19-16-48)66(94)79-57(40-49-41-75-53-13-7-6-12-52(49)53)67(95)77-54(64(92)82-62)14-8-9-23-73)80-65(93)55(38-47-10-4-3-5-11-47)76-61(91)21-26-101-28-30-103-32-34-105-36-37-106-35-33-104-31-29-102-27-24-74-60(90)20-17-50-42-86(25-22-72)85-84-50/h3-7,10-13,15-16,18-19,41-42,45-46,54-59,62-63,75,87-89H,8-9,14,17,20-40,43-44,73H2,1-2H3,(H,74,90)(H,76,91)(H,77,95)(H,78,96)(H,79,94)(H,80,93)(H,81,98)(H,82,92)(H,83,97)(H,99,100)/t45-,46-,54+,55-,56+,57-,58+,59+,62+,63+/m1/s1. The van der Waals surface area contributed by atoms with Crippen LogP contribution in [0.3, 0.4) is 0 Å². The number of ether oxygens (including phenoxy) is 6. The van der Waals surface area contributed by atoms with E-state index in [9.17, 15) is 63.2 Å². The van der Waals surface area contributed by atoms with Gasteiger partial charge in [-0.05, 0) is 74.5 Å². The van der Waals surface area contributed by atoms with E-state index in [1.54, 1.807) is 67.0 Å². The number of aromatic hydroxyl groups is 1. The third-order valence-corrected chi connectivity index (χ3v) is 19.0. The summed E-state index contributed by atoms with van der Waals surface area (Å²) in [7, 11) is 1.75. The second-order valence-corrected chi connectivity index (χ2v) is 27.7. The number of carbonyl (C=O) groups excluding carboxylic acids is 9. The molecule has 0 spiro atoms.